The molecular weight excluding hydrogens is 699 g/mol. The second kappa shape index (κ2) is 12.3. The van der Waals surface area contributed by atoms with Crippen LogP contribution in [0.3, 0.4) is 0 Å². The van der Waals surface area contributed by atoms with Gasteiger partial charge in [0, 0.05) is 60.4 Å². The Bertz CT molecular complexity index is 3520. The lowest BCUT2D eigenvalue weighted by Gasteiger charge is -2.12. The Morgan fingerprint density at radius 2 is 0.877 bits per heavy atom. The van der Waals surface area contributed by atoms with Gasteiger partial charge in [0.2, 0.25) is 0 Å². The van der Waals surface area contributed by atoms with Crippen molar-refractivity contribution < 1.29 is 4.42 Å². The Hall–Kier alpha value is -7.83. The van der Waals surface area contributed by atoms with Crippen LogP contribution in [0.5, 0.6) is 0 Å². The molecule has 0 radical (unpaired) electrons. The first kappa shape index (κ1) is 31.5. The molecule has 0 saturated carbocycles. The number of fused-ring (bicyclic) bond motifs is 10. The molecule has 12 rings (SSSR count). The summed E-state index contributed by atoms with van der Waals surface area (Å²) in [7, 11) is 0. The van der Waals surface area contributed by atoms with Crippen molar-refractivity contribution in [3.8, 4) is 45.5 Å². The molecule has 266 valence electrons. The predicted molar refractivity (Wildman–Crippen MR) is 232 cm³/mol. The smallest absolute Gasteiger partial charge is 0.164 e. The minimum absolute atomic E-state index is 0.605. The summed E-state index contributed by atoms with van der Waals surface area (Å²) in [4.78, 5) is 15.7. The number of furan rings is 1. The molecule has 12 aromatic rings. The Morgan fingerprint density at radius 1 is 0.333 bits per heavy atom. The highest BCUT2D eigenvalue weighted by Crippen LogP contribution is 2.42. The van der Waals surface area contributed by atoms with Crippen molar-refractivity contribution in [2.75, 3.05) is 0 Å². The molecule has 8 aromatic carbocycles. The van der Waals surface area contributed by atoms with E-state index >= 15 is 0 Å². The quantitative estimate of drug-likeness (QED) is 0.177. The number of benzene rings is 8. The molecule has 0 saturated heterocycles. The Kier molecular flexibility index (Phi) is 6.83. The van der Waals surface area contributed by atoms with Crippen molar-refractivity contribution in [3.05, 3.63) is 188 Å². The number of aromatic nitrogens is 5. The van der Waals surface area contributed by atoms with Crippen molar-refractivity contribution >= 4 is 65.6 Å². The first-order valence-corrected chi connectivity index (χ1v) is 19.1. The average Bonchev–Trinajstić information content (AvgIpc) is 3.94. The summed E-state index contributed by atoms with van der Waals surface area (Å²) in [6.07, 6.45) is 0. The van der Waals surface area contributed by atoms with Gasteiger partial charge < -0.3 is 13.6 Å². The van der Waals surface area contributed by atoms with Gasteiger partial charge in [0.05, 0.1) is 22.1 Å². The molecule has 0 spiro atoms. The lowest BCUT2D eigenvalue weighted by atomic mass is 10.1. The van der Waals surface area contributed by atoms with E-state index in [1.165, 1.54) is 10.8 Å². The van der Waals surface area contributed by atoms with Crippen molar-refractivity contribution in [2.45, 2.75) is 0 Å². The van der Waals surface area contributed by atoms with Crippen molar-refractivity contribution in [1.82, 2.24) is 24.1 Å². The van der Waals surface area contributed by atoms with Gasteiger partial charge in [-0.25, -0.2) is 15.0 Å². The van der Waals surface area contributed by atoms with E-state index in [-0.39, 0.29) is 0 Å². The largest absolute Gasteiger partial charge is 0.456 e. The van der Waals surface area contributed by atoms with Gasteiger partial charge in [-0.05, 0) is 60.7 Å². The summed E-state index contributed by atoms with van der Waals surface area (Å²) >= 11 is 0. The van der Waals surface area contributed by atoms with Crippen LogP contribution in [-0.2, 0) is 0 Å². The second-order valence-electron chi connectivity index (χ2n) is 14.4. The Labute approximate surface area is 326 Å². The molecule has 0 aliphatic heterocycles. The van der Waals surface area contributed by atoms with Gasteiger partial charge in [0.25, 0.3) is 0 Å². The lowest BCUT2D eigenvalue weighted by molar-refractivity contribution is 0.669. The number of nitrogens with zero attached hydrogens (tertiary/aromatic N) is 5. The summed E-state index contributed by atoms with van der Waals surface area (Å²) in [6.45, 7) is 0. The van der Waals surface area contributed by atoms with Gasteiger partial charge in [-0.15, -0.1) is 0 Å². The van der Waals surface area contributed by atoms with E-state index in [1.54, 1.807) is 0 Å². The van der Waals surface area contributed by atoms with E-state index < -0.39 is 0 Å². The molecule has 0 N–H and O–H groups in total. The summed E-state index contributed by atoms with van der Waals surface area (Å²) in [6, 6.07) is 65.4. The zero-order valence-corrected chi connectivity index (χ0v) is 30.5. The van der Waals surface area contributed by atoms with Crippen LogP contribution in [0.1, 0.15) is 0 Å². The van der Waals surface area contributed by atoms with E-state index in [9.17, 15) is 0 Å². The van der Waals surface area contributed by atoms with E-state index in [2.05, 4.69) is 167 Å². The molecule has 0 aliphatic carbocycles. The molecule has 6 nitrogen and oxygen atoms in total. The SMILES string of the molecule is c1ccc(-c2nc(-c3cccc(-n4c5ccccc5c5c6c(ccc54)oc4ccccc46)c3)nc(-c3cccc4c3c3ccccc3n4-c3ccccc3)n2)cc1. The second-order valence-corrected chi connectivity index (χ2v) is 14.4. The third kappa shape index (κ3) is 4.81. The fraction of sp³-hybridized carbons (Fsp3) is 0. The van der Waals surface area contributed by atoms with E-state index in [4.69, 9.17) is 19.4 Å². The molecular formula is C51H31N5O. The molecule has 57 heavy (non-hydrogen) atoms. The topological polar surface area (TPSA) is 61.7 Å². The number of hydrogen-bond acceptors (Lipinski definition) is 4. The maximum atomic E-state index is 6.34. The maximum absolute atomic E-state index is 6.34. The standard InChI is InChI=1S/C51H31N5O/c1-3-15-32(16-4-1)49-52-50(54-51(53-49)39-24-14-27-42-46(39)36-21-7-10-25-40(36)55(42)34-18-5-2-6-19-34)33-17-13-20-35(31-33)56-41-26-11-8-22-37(41)47-43(56)29-30-45-48(47)38-23-9-12-28-44(38)57-45/h1-31H. The average molecular weight is 730 g/mol. The van der Waals surface area contributed by atoms with Crippen LogP contribution in [0, 0.1) is 0 Å². The summed E-state index contributed by atoms with van der Waals surface area (Å²) < 4.78 is 11.0. The van der Waals surface area contributed by atoms with Gasteiger partial charge in [0.1, 0.15) is 11.2 Å². The monoisotopic (exact) mass is 729 g/mol. The minimum Gasteiger partial charge on any atom is -0.456 e. The van der Waals surface area contributed by atoms with Crippen LogP contribution in [0.25, 0.3) is 111 Å². The molecule has 0 atom stereocenters. The predicted octanol–water partition coefficient (Wildman–Crippen LogP) is 13.0. The van der Waals surface area contributed by atoms with E-state index in [1.807, 2.05) is 30.3 Å². The molecule has 0 fully saturated rings. The van der Waals surface area contributed by atoms with Crippen molar-refractivity contribution in [1.29, 1.82) is 0 Å². The Balaban J connectivity index is 1.09. The fourth-order valence-electron chi connectivity index (χ4n) is 8.74. The van der Waals surface area contributed by atoms with Crippen LogP contribution in [0.4, 0.5) is 0 Å². The van der Waals surface area contributed by atoms with Gasteiger partial charge in [-0.2, -0.15) is 0 Å². The molecule has 0 unspecified atom stereocenters. The molecule has 0 bridgehead atoms. The number of hydrogen-bond donors (Lipinski definition) is 0. The highest BCUT2D eigenvalue weighted by molar-refractivity contribution is 6.27. The van der Waals surface area contributed by atoms with E-state index in [0.29, 0.717) is 17.5 Å². The lowest BCUT2D eigenvalue weighted by Crippen LogP contribution is -2.01. The fourth-order valence-corrected chi connectivity index (χ4v) is 8.74. The normalized spacial score (nSPS) is 11.9. The number of para-hydroxylation sites is 4. The minimum atomic E-state index is 0.605. The van der Waals surface area contributed by atoms with Crippen LogP contribution >= 0.6 is 0 Å². The summed E-state index contributed by atoms with van der Waals surface area (Å²) in [5, 5.41) is 6.84. The summed E-state index contributed by atoms with van der Waals surface area (Å²) in [5.41, 5.74) is 11.1. The Morgan fingerprint density at radius 3 is 1.67 bits per heavy atom. The van der Waals surface area contributed by atoms with Crippen LogP contribution < -0.4 is 0 Å². The molecule has 0 amide bonds. The zero-order valence-electron chi connectivity index (χ0n) is 30.5. The highest BCUT2D eigenvalue weighted by atomic mass is 16.3. The molecule has 6 heteroatoms. The van der Waals surface area contributed by atoms with Gasteiger partial charge >= 0.3 is 0 Å². The zero-order chi connectivity index (χ0) is 37.5. The van der Waals surface area contributed by atoms with Crippen molar-refractivity contribution in [3.63, 3.8) is 0 Å². The third-order valence-electron chi connectivity index (χ3n) is 11.2. The molecule has 4 aromatic heterocycles. The number of rotatable bonds is 5. The third-order valence-corrected chi connectivity index (χ3v) is 11.2. The molecule has 4 heterocycles. The highest BCUT2D eigenvalue weighted by Gasteiger charge is 2.21. The van der Waals surface area contributed by atoms with E-state index in [0.717, 1.165) is 82.8 Å². The van der Waals surface area contributed by atoms with Crippen LogP contribution in [0.15, 0.2) is 192 Å². The van der Waals surface area contributed by atoms with Gasteiger partial charge in [-0.1, -0.05) is 127 Å². The van der Waals surface area contributed by atoms with Crippen LogP contribution in [0.2, 0.25) is 0 Å². The van der Waals surface area contributed by atoms with Gasteiger partial charge in [0.15, 0.2) is 17.5 Å². The van der Waals surface area contributed by atoms with Gasteiger partial charge in [-0.3, -0.25) is 0 Å². The van der Waals surface area contributed by atoms with Crippen LogP contribution in [-0.4, -0.2) is 24.1 Å². The first-order chi connectivity index (χ1) is 28.3. The summed E-state index contributed by atoms with van der Waals surface area (Å²) in [5.74, 6) is 1.85. The molecule has 0 aliphatic rings. The first-order valence-electron chi connectivity index (χ1n) is 19.1. The maximum Gasteiger partial charge on any atom is 0.164 e. The van der Waals surface area contributed by atoms with Crippen molar-refractivity contribution in [2.24, 2.45) is 0 Å².